The zero-order valence-electron chi connectivity index (χ0n) is 36.4. The van der Waals surface area contributed by atoms with Crippen molar-refractivity contribution in [3.8, 4) is 51.0 Å². The van der Waals surface area contributed by atoms with Crippen molar-refractivity contribution in [2.45, 2.75) is 19.3 Å². The molecule has 1 aliphatic rings. The molecule has 0 unspecified atom stereocenters. The maximum Gasteiger partial charge on any atom is 0.167 e. The van der Waals surface area contributed by atoms with Gasteiger partial charge in [0.05, 0.1) is 33.7 Å². The summed E-state index contributed by atoms with van der Waals surface area (Å²) in [4.78, 5) is 17.6. The first-order valence-electron chi connectivity index (χ1n) is 22.4. The first kappa shape index (κ1) is 37.9. The van der Waals surface area contributed by atoms with Gasteiger partial charge >= 0.3 is 0 Å². The third-order valence-corrected chi connectivity index (χ3v) is 13.4. The van der Waals surface area contributed by atoms with E-state index in [9.17, 15) is 0 Å². The van der Waals surface area contributed by atoms with Crippen LogP contribution in [0.25, 0.3) is 94.7 Å². The van der Waals surface area contributed by atoms with E-state index in [4.69, 9.17) is 19.4 Å². The lowest BCUT2D eigenvalue weighted by molar-refractivity contribution is 0.632. The minimum atomic E-state index is -0.309. The minimum Gasteiger partial charge on any atom is -0.453 e. The zero-order valence-corrected chi connectivity index (χ0v) is 36.4. The Morgan fingerprint density at radius 2 is 0.939 bits per heavy atom. The molecule has 0 radical (unpaired) electrons. The summed E-state index contributed by atoms with van der Waals surface area (Å²) in [6.07, 6.45) is 0. The number of nitrogens with zero attached hydrogens (tertiary/aromatic N) is 5. The Morgan fingerprint density at radius 1 is 0.379 bits per heavy atom. The molecule has 0 saturated heterocycles. The molecule has 0 amide bonds. The highest BCUT2D eigenvalue weighted by Crippen LogP contribution is 2.54. The molecule has 4 heterocycles. The number of hydrogen-bond donors (Lipinski definition) is 0. The van der Waals surface area contributed by atoms with Crippen molar-refractivity contribution >= 4 is 60.8 Å². The van der Waals surface area contributed by atoms with Gasteiger partial charge in [-0.15, -0.1) is 0 Å². The number of anilines is 3. The van der Waals surface area contributed by atoms with Crippen LogP contribution in [0, 0.1) is 0 Å². The smallest absolute Gasteiger partial charge is 0.167 e. The van der Waals surface area contributed by atoms with E-state index in [0.29, 0.717) is 17.5 Å². The molecule has 0 saturated carbocycles. The standard InChI is InChI=1S/C60H41N5O/c1-60(2)48-31-13-15-33-51(48)64(42-26-16-25-41(35-42)38-19-6-3-7-20-38)54-36-47-43-27-12-14-32-50(43)65(53(47)37-49(54)60)52-34-18-29-45-44-28-17-30-46(55(44)66-56(45)52)59-62-57(39-21-8-4-9-22-39)61-58(63-59)40-23-10-5-11-24-40/h3-37H,1-2H3. The summed E-state index contributed by atoms with van der Waals surface area (Å²) in [6.45, 7) is 4.71. The van der Waals surface area contributed by atoms with Crippen LogP contribution in [0.2, 0.25) is 0 Å². The highest BCUT2D eigenvalue weighted by molar-refractivity contribution is 6.15. The largest absolute Gasteiger partial charge is 0.453 e. The van der Waals surface area contributed by atoms with Gasteiger partial charge in [-0.05, 0) is 70.8 Å². The monoisotopic (exact) mass is 847 g/mol. The van der Waals surface area contributed by atoms with Gasteiger partial charge in [0.1, 0.15) is 5.58 Å². The van der Waals surface area contributed by atoms with Crippen molar-refractivity contribution in [3.05, 3.63) is 223 Å². The van der Waals surface area contributed by atoms with E-state index in [1.54, 1.807) is 0 Å². The van der Waals surface area contributed by atoms with Gasteiger partial charge in [-0.3, -0.25) is 0 Å². The molecule has 0 fully saturated rings. The summed E-state index contributed by atoms with van der Waals surface area (Å²) >= 11 is 0. The fraction of sp³-hybridized carbons (Fsp3) is 0.0500. The number of para-hydroxylation sites is 4. The van der Waals surface area contributed by atoms with Crippen molar-refractivity contribution < 1.29 is 4.42 Å². The number of rotatable bonds is 6. The summed E-state index contributed by atoms with van der Waals surface area (Å²) in [6, 6.07) is 74.9. The highest BCUT2D eigenvalue weighted by atomic mass is 16.3. The molecule has 6 nitrogen and oxygen atoms in total. The molecule has 0 aliphatic carbocycles. The third kappa shape index (κ3) is 5.85. The average Bonchev–Trinajstić information content (AvgIpc) is 3.93. The van der Waals surface area contributed by atoms with Crippen molar-refractivity contribution in [3.63, 3.8) is 0 Å². The average molecular weight is 848 g/mol. The first-order chi connectivity index (χ1) is 32.5. The van der Waals surface area contributed by atoms with E-state index in [1.807, 2.05) is 60.7 Å². The molecule has 1 aliphatic heterocycles. The molecule has 0 atom stereocenters. The summed E-state index contributed by atoms with van der Waals surface area (Å²) in [5.41, 5.74) is 15.4. The van der Waals surface area contributed by atoms with E-state index in [-0.39, 0.29) is 5.41 Å². The molecule has 66 heavy (non-hydrogen) atoms. The van der Waals surface area contributed by atoms with E-state index < -0.39 is 0 Å². The van der Waals surface area contributed by atoms with Gasteiger partial charge in [0.15, 0.2) is 23.1 Å². The fourth-order valence-electron chi connectivity index (χ4n) is 10.2. The first-order valence-corrected chi connectivity index (χ1v) is 22.4. The SMILES string of the molecule is CC1(C)c2ccccc2N(c2cccc(-c3ccccc3)c2)c2cc3c4ccccc4n(-c4cccc5c4oc4c(-c6nc(-c7ccccc7)nc(-c7ccccc7)n6)cccc45)c3cc21. The quantitative estimate of drug-likeness (QED) is 0.167. The fourth-order valence-corrected chi connectivity index (χ4v) is 10.2. The Hall–Kier alpha value is -8.61. The number of fused-ring (bicyclic) bond motifs is 8. The molecular weight excluding hydrogens is 807 g/mol. The number of benzene rings is 9. The minimum absolute atomic E-state index is 0.309. The lowest BCUT2D eigenvalue weighted by Crippen LogP contribution is -2.30. The Bertz CT molecular complexity index is 3790. The van der Waals surface area contributed by atoms with E-state index >= 15 is 0 Å². The van der Waals surface area contributed by atoms with Crippen LogP contribution < -0.4 is 4.90 Å². The Balaban J connectivity index is 1.03. The van der Waals surface area contributed by atoms with Crippen molar-refractivity contribution in [1.82, 2.24) is 19.5 Å². The number of aromatic nitrogens is 4. The second-order valence-corrected chi connectivity index (χ2v) is 17.6. The lowest BCUT2D eigenvalue weighted by atomic mass is 9.73. The Labute approximate surface area is 381 Å². The van der Waals surface area contributed by atoms with Gasteiger partial charge in [-0.1, -0.05) is 178 Å². The van der Waals surface area contributed by atoms with Crippen LogP contribution in [-0.2, 0) is 5.41 Å². The molecule has 9 aromatic carbocycles. The molecule has 0 N–H and O–H groups in total. The molecule has 3 aromatic heterocycles. The number of furan rings is 1. The Kier molecular flexibility index (Phi) is 8.46. The van der Waals surface area contributed by atoms with Gasteiger partial charge in [0.25, 0.3) is 0 Å². The lowest BCUT2D eigenvalue weighted by Gasteiger charge is -2.42. The second-order valence-electron chi connectivity index (χ2n) is 17.6. The highest BCUT2D eigenvalue weighted by Gasteiger charge is 2.38. The van der Waals surface area contributed by atoms with E-state index in [1.165, 1.54) is 44.4 Å². The molecule has 0 bridgehead atoms. The summed E-state index contributed by atoms with van der Waals surface area (Å²) < 4.78 is 9.57. The molecule has 6 heteroatoms. The van der Waals surface area contributed by atoms with Crippen LogP contribution in [0.4, 0.5) is 17.1 Å². The summed E-state index contributed by atoms with van der Waals surface area (Å²) in [7, 11) is 0. The normalized spacial score (nSPS) is 13.1. The molecular formula is C60H41N5O. The van der Waals surface area contributed by atoms with Gasteiger partial charge in [0, 0.05) is 43.8 Å². The Morgan fingerprint density at radius 3 is 1.68 bits per heavy atom. The van der Waals surface area contributed by atoms with Crippen LogP contribution in [0.15, 0.2) is 217 Å². The molecule has 13 rings (SSSR count). The van der Waals surface area contributed by atoms with Crippen LogP contribution in [-0.4, -0.2) is 19.5 Å². The predicted octanol–water partition coefficient (Wildman–Crippen LogP) is 15.6. The summed E-state index contributed by atoms with van der Waals surface area (Å²) in [5, 5.41) is 4.36. The van der Waals surface area contributed by atoms with Crippen LogP contribution in [0.3, 0.4) is 0 Å². The van der Waals surface area contributed by atoms with Crippen LogP contribution in [0.1, 0.15) is 25.0 Å². The van der Waals surface area contributed by atoms with Crippen molar-refractivity contribution in [2.24, 2.45) is 0 Å². The van der Waals surface area contributed by atoms with E-state index in [0.717, 1.165) is 61.0 Å². The second kappa shape index (κ2) is 14.7. The van der Waals surface area contributed by atoms with Gasteiger partial charge in [0.2, 0.25) is 0 Å². The zero-order chi connectivity index (χ0) is 43.9. The van der Waals surface area contributed by atoms with E-state index in [2.05, 4.69) is 175 Å². The molecule has 12 aromatic rings. The third-order valence-electron chi connectivity index (χ3n) is 13.4. The summed E-state index contributed by atoms with van der Waals surface area (Å²) in [5.74, 6) is 1.77. The molecule has 0 spiro atoms. The topological polar surface area (TPSA) is 60.0 Å². The van der Waals surface area contributed by atoms with Gasteiger partial charge < -0.3 is 13.9 Å². The van der Waals surface area contributed by atoms with Gasteiger partial charge in [-0.25, -0.2) is 15.0 Å². The van der Waals surface area contributed by atoms with Gasteiger partial charge in [-0.2, -0.15) is 0 Å². The predicted molar refractivity (Wildman–Crippen MR) is 270 cm³/mol. The van der Waals surface area contributed by atoms with Crippen molar-refractivity contribution in [2.75, 3.05) is 4.90 Å². The van der Waals surface area contributed by atoms with Crippen LogP contribution >= 0.6 is 0 Å². The van der Waals surface area contributed by atoms with Crippen LogP contribution in [0.5, 0.6) is 0 Å². The number of hydrogen-bond acceptors (Lipinski definition) is 5. The maximum atomic E-state index is 7.18. The molecule has 312 valence electrons. The maximum absolute atomic E-state index is 7.18. The van der Waals surface area contributed by atoms with Crippen molar-refractivity contribution in [1.29, 1.82) is 0 Å².